The molecule has 4 nitrogen and oxygen atoms in total. The number of benzene rings is 1. The van der Waals surface area contributed by atoms with Gasteiger partial charge in [-0.2, -0.15) is 0 Å². The van der Waals surface area contributed by atoms with Crippen LogP contribution in [0, 0.1) is 13.8 Å². The number of rotatable bonds is 5. The van der Waals surface area contributed by atoms with Gasteiger partial charge in [-0.15, -0.1) is 11.3 Å². The quantitative estimate of drug-likeness (QED) is 0.658. The molecule has 2 N–H and O–H groups in total. The van der Waals surface area contributed by atoms with Gasteiger partial charge in [-0.1, -0.05) is 36.8 Å². The van der Waals surface area contributed by atoms with Gasteiger partial charge >= 0.3 is 0 Å². The Morgan fingerprint density at radius 1 is 1.23 bits per heavy atom. The molecule has 2 aromatic rings. The van der Waals surface area contributed by atoms with Gasteiger partial charge in [0.05, 0.1) is 6.54 Å². The number of guanidine groups is 1. The molecular weight excluding hydrogens is 292 g/mol. The second-order valence-electron chi connectivity index (χ2n) is 5.48. The van der Waals surface area contributed by atoms with Crippen molar-refractivity contribution >= 4 is 17.3 Å². The number of nitrogens with one attached hydrogen (secondary N) is 2. The summed E-state index contributed by atoms with van der Waals surface area (Å²) in [6, 6.07) is 8.69. The van der Waals surface area contributed by atoms with Gasteiger partial charge in [-0.25, -0.2) is 4.98 Å². The van der Waals surface area contributed by atoms with Crippen LogP contribution in [0.25, 0.3) is 0 Å². The molecule has 118 valence electrons. The van der Waals surface area contributed by atoms with Gasteiger partial charge in [0.2, 0.25) is 0 Å². The van der Waals surface area contributed by atoms with Crippen LogP contribution in [0.5, 0.6) is 0 Å². The minimum atomic E-state index is 0.432. The summed E-state index contributed by atoms with van der Waals surface area (Å²) in [6.45, 7) is 7.95. The molecule has 2 rings (SSSR count). The van der Waals surface area contributed by atoms with Crippen molar-refractivity contribution in [2.75, 3.05) is 13.6 Å². The molecule has 5 heteroatoms. The summed E-state index contributed by atoms with van der Waals surface area (Å²) in [4.78, 5) is 9.84. The Morgan fingerprint density at radius 3 is 2.55 bits per heavy atom. The maximum absolute atomic E-state index is 4.35. The van der Waals surface area contributed by atoms with Gasteiger partial charge in [0.15, 0.2) is 5.96 Å². The molecule has 0 bridgehead atoms. The van der Waals surface area contributed by atoms with E-state index in [1.54, 1.807) is 18.4 Å². The second kappa shape index (κ2) is 7.94. The normalized spacial score (nSPS) is 13.0. The molecule has 0 radical (unpaired) electrons. The van der Waals surface area contributed by atoms with Crippen molar-refractivity contribution in [2.24, 2.45) is 4.99 Å². The van der Waals surface area contributed by atoms with Crippen LogP contribution >= 0.6 is 11.3 Å². The molecule has 1 unspecified atom stereocenters. The Kier molecular flexibility index (Phi) is 5.95. The summed E-state index contributed by atoms with van der Waals surface area (Å²) in [7, 11) is 1.79. The maximum Gasteiger partial charge on any atom is 0.191 e. The molecule has 1 atom stereocenters. The largest absolute Gasteiger partial charge is 0.356 e. The van der Waals surface area contributed by atoms with Crippen LogP contribution in [0.15, 0.2) is 35.5 Å². The molecule has 1 heterocycles. The van der Waals surface area contributed by atoms with Crippen LogP contribution in [-0.2, 0) is 6.54 Å². The minimum absolute atomic E-state index is 0.432. The van der Waals surface area contributed by atoms with Crippen LogP contribution in [0.2, 0.25) is 0 Å². The highest BCUT2D eigenvalue weighted by molar-refractivity contribution is 7.11. The van der Waals surface area contributed by atoms with E-state index in [4.69, 9.17) is 0 Å². The van der Waals surface area contributed by atoms with E-state index in [9.17, 15) is 0 Å². The smallest absolute Gasteiger partial charge is 0.191 e. The van der Waals surface area contributed by atoms with Crippen molar-refractivity contribution in [1.82, 2.24) is 15.6 Å². The Morgan fingerprint density at radius 2 is 1.95 bits per heavy atom. The number of nitrogens with zero attached hydrogens (tertiary/aromatic N) is 2. The van der Waals surface area contributed by atoms with E-state index >= 15 is 0 Å². The van der Waals surface area contributed by atoms with Crippen LogP contribution in [0.1, 0.15) is 33.9 Å². The highest BCUT2D eigenvalue weighted by Crippen LogP contribution is 2.14. The summed E-state index contributed by atoms with van der Waals surface area (Å²) in [5.41, 5.74) is 2.63. The predicted octanol–water partition coefficient (Wildman–Crippen LogP) is 3.23. The van der Waals surface area contributed by atoms with Gasteiger partial charge in [-0.3, -0.25) is 4.99 Å². The van der Waals surface area contributed by atoms with Crippen LogP contribution < -0.4 is 10.6 Å². The third-order valence-electron chi connectivity index (χ3n) is 3.52. The van der Waals surface area contributed by atoms with Crippen molar-refractivity contribution in [2.45, 2.75) is 33.2 Å². The Bertz CT molecular complexity index is 616. The van der Waals surface area contributed by atoms with Crippen LogP contribution in [0.3, 0.4) is 0 Å². The second-order valence-corrected chi connectivity index (χ2v) is 6.80. The number of aromatic nitrogens is 1. The first-order valence-corrected chi connectivity index (χ1v) is 8.32. The number of aliphatic imine (C=N–C) groups is 1. The third-order valence-corrected chi connectivity index (χ3v) is 4.43. The van der Waals surface area contributed by atoms with Crippen molar-refractivity contribution in [3.05, 3.63) is 51.5 Å². The van der Waals surface area contributed by atoms with Crippen LogP contribution in [0.4, 0.5) is 0 Å². The predicted molar refractivity (Wildman–Crippen MR) is 94.6 cm³/mol. The van der Waals surface area contributed by atoms with Crippen molar-refractivity contribution in [1.29, 1.82) is 0 Å². The minimum Gasteiger partial charge on any atom is -0.356 e. The van der Waals surface area contributed by atoms with Crippen LogP contribution in [-0.4, -0.2) is 24.5 Å². The summed E-state index contributed by atoms with van der Waals surface area (Å²) in [5, 5.41) is 7.75. The van der Waals surface area contributed by atoms with E-state index in [0.29, 0.717) is 12.5 Å². The lowest BCUT2D eigenvalue weighted by molar-refractivity contribution is 0.698. The first kappa shape index (κ1) is 16.5. The summed E-state index contributed by atoms with van der Waals surface area (Å²) in [5.74, 6) is 1.24. The number of aryl methyl sites for hydroxylation is 2. The topological polar surface area (TPSA) is 49.3 Å². The molecule has 0 spiro atoms. The highest BCUT2D eigenvalue weighted by atomic mass is 32.1. The molecule has 0 aliphatic rings. The molecule has 1 aromatic heterocycles. The van der Waals surface area contributed by atoms with Crippen molar-refractivity contribution < 1.29 is 0 Å². The monoisotopic (exact) mass is 316 g/mol. The Labute approximate surface area is 136 Å². The molecule has 0 aliphatic heterocycles. The number of thiazole rings is 1. The first-order chi connectivity index (χ1) is 10.6. The zero-order valence-corrected chi connectivity index (χ0v) is 14.5. The zero-order chi connectivity index (χ0) is 15.9. The average molecular weight is 316 g/mol. The van der Waals surface area contributed by atoms with Gasteiger partial charge in [0.25, 0.3) is 0 Å². The number of hydrogen-bond acceptors (Lipinski definition) is 3. The molecule has 0 saturated heterocycles. The molecule has 22 heavy (non-hydrogen) atoms. The Hall–Kier alpha value is -1.88. The summed E-state index contributed by atoms with van der Waals surface area (Å²) >= 11 is 1.71. The lowest BCUT2D eigenvalue weighted by atomic mass is 10.0. The van der Waals surface area contributed by atoms with E-state index < -0.39 is 0 Å². The summed E-state index contributed by atoms with van der Waals surface area (Å²) < 4.78 is 0. The van der Waals surface area contributed by atoms with E-state index in [0.717, 1.165) is 17.5 Å². The first-order valence-electron chi connectivity index (χ1n) is 7.51. The summed E-state index contributed by atoms with van der Waals surface area (Å²) in [6.07, 6.45) is 1.90. The Balaban J connectivity index is 1.81. The zero-order valence-electron chi connectivity index (χ0n) is 13.7. The molecule has 1 aromatic carbocycles. The van der Waals surface area contributed by atoms with E-state index in [1.165, 1.54) is 16.0 Å². The van der Waals surface area contributed by atoms with E-state index in [1.807, 2.05) is 6.20 Å². The van der Waals surface area contributed by atoms with Crippen molar-refractivity contribution in [3.8, 4) is 0 Å². The molecule has 0 saturated carbocycles. The van der Waals surface area contributed by atoms with Gasteiger partial charge in [0, 0.05) is 24.7 Å². The van der Waals surface area contributed by atoms with Gasteiger partial charge in [-0.05, 0) is 25.3 Å². The maximum atomic E-state index is 4.35. The molecule has 0 aliphatic carbocycles. The fraction of sp³-hybridized carbons (Fsp3) is 0.412. The third kappa shape index (κ3) is 4.84. The van der Waals surface area contributed by atoms with E-state index in [-0.39, 0.29) is 0 Å². The molecular formula is C17H24N4S. The fourth-order valence-corrected chi connectivity index (χ4v) is 2.85. The highest BCUT2D eigenvalue weighted by Gasteiger charge is 2.07. The van der Waals surface area contributed by atoms with Gasteiger partial charge in [0.1, 0.15) is 5.01 Å². The van der Waals surface area contributed by atoms with Gasteiger partial charge < -0.3 is 10.6 Å². The number of hydrogen-bond donors (Lipinski definition) is 2. The molecule has 0 amide bonds. The van der Waals surface area contributed by atoms with Crippen molar-refractivity contribution in [3.63, 3.8) is 0 Å². The molecule has 0 fully saturated rings. The SMILES string of the molecule is CN=C(NCc1ncc(C)s1)NCC(C)c1ccc(C)cc1. The standard InChI is InChI=1S/C17H24N4S/c1-12-5-7-15(8-6-12)13(2)9-20-17(18-4)21-11-16-19-10-14(3)22-16/h5-8,10,13H,9,11H2,1-4H3,(H2,18,20,21). The fourth-order valence-electron chi connectivity index (χ4n) is 2.13. The lowest BCUT2D eigenvalue weighted by Gasteiger charge is -2.16. The van der Waals surface area contributed by atoms with E-state index in [2.05, 4.69) is 65.6 Å². The lowest BCUT2D eigenvalue weighted by Crippen LogP contribution is -2.38. The average Bonchev–Trinajstić information content (AvgIpc) is 2.93.